The molecule has 3 aromatic rings. The van der Waals surface area contributed by atoms with Crippen molar-refractivity contribution >= 4 is 40.7 Å². The van der Waals surface area contributed by atoms with Gasteiger partial charge in [0.05, 0.1) is 0 Å². The zero-order chi connectivity index (χ0) is 28.8. The number of aromatic nitrogens is 1. The topological polar surface area (TPSA) is 231 Å². The summed E-state index contributed by atoms with van der Waals surface area (Å²) in [6.45, 7) is 2.02. The summed E-state index contributed by atoms with van der Waals surface area (Å²) in [5.41, 5.74) is 18.9. The molecule has 0 spiro atoms. The van der Waals surface area contributed by atoms with Crippen molar-refractivity contribution in [2.24, 2.45) is 22.2 Å². The zero-order valence-electron chi connectivity index (χ0n) is 21.6. The van der Waals surface area contributed by atoms with Crippen molar-refractivity contribution < 1.29 is 24.3 Å². The van der Waals surface area contributed by atoms with Crippen LogP contribution in [0.15, 0.2) is 59.7 Å². The number of primary amides is 1. The lowest BCUT2D eigenvalue weighted by molar-refractivity contribution is -0.134. The highest BCUT2D eigenvalue weighted by Crippen LogP contribution is 2.15. The van der Waals surface area contributed by atoms with Crippen LogP contribution in [0.1, 0.15) is 41.3 Å². The number of carbonyl (C=O) groups is 4. The third-order valence-electron chi connectivity index (χ3n) is 5.34. The van der Waals surface area contributed by atoms with E-state index in [4.69, 9.17) is 27.1 Å². The van der Waals surface area contributed by atoms with Gasteiger partial charge >= 0.3 is 6.03 Å². The van der Waals surface area contributed by atoms with Crippen molar-refractivity contribution in [3.05, 3.63) is 71.4 Å². The number of urea groups is 1. The second-order valence-electron chi connectivity index (χ2n) is 8.53. The van der Waals surface area contributed by atoms with Gasteiger partial charge in [-0.15, -0.1) is 0 Å². The number of hydrogen-bond donors (Lipinski definition) is 8. The third kappa shape index (κ3) is 11.2. The van der Waals surface area contributed by atoms with E-state index in [0.29, 0.717) is 31.5 Å². The number of guanidine groups is 1. The van der Waals surface area contributed by atoms with E-state index in [1.165, 1.54) is 0 Å². The number of carbonyl (C=O) groups excluding carboxylic acids is 3. The Morgan fingerprint density at radius 3 is 2.15 bits per heavy atom. The number of aromatic amines is 1. The molecular formula is C26H34N8O5. The number of hydrogen-bond acceptors (Lipinski definition) is 5. The van der Waals surface area contributed by atoms with E-state index in [1.807, 2.05) is 36.4 Å². The summed E-state index contributed by atoms with van der Waals surface area (Å²) in [7, 11) is 0. The highest BCUT2D eigenvalue weighted by molar-refractivity contribution is 6.00. The average molecular weight is 539 g/mol. The summed E-state index contributed by atoms with van der Waals surface area (Å²) in [6, 6.07) is 13.2. The molecule has 208 valence electrons. The molecule has 0 unspecified atom stereocenters. The van der Waals surface area contributed by atoms with Crippen LogP contribution in [-0.4, -0.2) is 52.5 Å². The van der Waals surface area contributed by atoms with Gasteiger partial charge in [0.25, 0.3) is 11.9 Å². The van der Waals surface area contributed by atoms with Gasteiger partial charge < -0.3 is 43.2 Å². The number of carboxylic acids is 1. The fourth-order valence-corrected chi connectivity index (χ4v) is 3.49. The Balaban J connectivity index is 0.00000124. The molecule has 2 aromatic carbocycles. The van der Waals surface area contributed by atoms with E-state index >= 15 is 0 Å². The van der Waals surface area contributed by atoms with Crippen molar-refractivity contribution in [2.75, 3.05) is 6.54 Å². The fraction of sp³-hybridized carbons (Fsp3) is 0.269. The van der Waals surface area contributed by atoms with Gasteiger partial charge in [0.2, 0.25) is 5.91 Å². The summed E-state index contributed by atoms with van der Waals surface area (Å²) >= 11 is 0. The summed E-state index contributed by atoms with van der Waals surface area (Å²) in [6.07, 6.45) is 2.67. The van der Waals surface area contributed by atoms with Gasteiger partial charge in [-0.2, -0.15) is 0 Å². The molecule has 0 aliphatic carbocycles. The molecule has 0 fully saturated rings. The Bertz CT molecular complexity index is 1300. The van der Waals surface area contributed by atoms with Gasteiger partial charge in [0.15, 0.2) is 5.96 Å². The van der Waals surface area contributed by atoms with Crippen LogP contribution in [0.4, 0.5) is 4.79 Å². The molecule has 1 atom stereocenters. The van der Waals surface area contributed by atoms with Gasteiger partial charge in [-0.3, -0.25) is 19.4 Å². The molecular weight excluding hydrogens is 504 g/mol. The number of aliphatic carboxylic acids is 1. The molecule has 3 rings (SSSR count). The monoisotopic (exact) mass is 538 g/mol. The second kappa shape index (κ2) is 15.2. The van der Waals surface area contributed by atoms with E-state index < -0.39 is 18.0 Å². The molecule has 1 heterocycles. The minimum atomic E-state index is -0.833. The minimum absolute atomic E-state index is 0.0238. The smallest absolute Gasteiger partial charge is 0.312 e. The molecule has 0 saturated heterocycles. The Morgan fingerprint density at radius 2 is 1.56 bits per heavy atom. The quantitative estimate of drug-likeness (QED) is 0.0997. The van der Waals surface area contributed by atoms with Crippen LogP contribution in [0.2, 0.25) is 0 Å². The highest BCUT2D eigenvalue weighted by atomic mass is 16.4. The molecule has 0 aliphatic rings. The van der Waals surface area contributed by atoms with Gasteiger partial charge in [-0.05, 0) is 48.2 Å². The molecule has 11 N–H and O–H groups in total. The van der Waals surface area contributed by atoms with Crippen LogP contribution >= 0.6 is 0 Å². The first kappa shape index (κ1) is 30.2. The van der Waals surface area contributed by atoms with Crippen molar-refractivity contribution in [2.45, 2.75) is 38.9 Å². The maximum Gasteiger partial charge on any atom is 0.312 e. The van der Waals surface area contributed by atoms with E-state index in [2.05, 4.69) is 25.9 Å². The molecule has 0 aliphatic heterocycles. The Labute approximate surface area is 225 Å². The van der Waals surface area contributed by atoms with Gasteiger partial charge in [-0.25, -0.2) is 4.79 Å². The summed E-state index contributed by atoms with van der Waals surface area (Å²) in [5, 5.41) is 16.5. The predicted molar refractivity (Wildman–Crippen MR) is 147 cm³/mol. The molecule has 0 radical (unpaired) electrons. The lowest BCUT2D eigenvalue weighted by Crippen LogP contribution is -2.46. The largest absolute Gasteiger partial charge is 0.481 e. The minimum Gasteiger partial charge on any atom is -0.481 e. The number of fused-ring (bicyclic) bond motifs is 1. The fourth-order valence-electron chi connectivity index (χ4n) is 3.49. The molecule has 4 amide bonds. The normalized spacial score (nSPS) is 10.9. The number of rotatable bonds is 11. The summed E-state index contributed by atoms with van der Waals surface area (Å²) < 4.78 is 0. The van der Waals surface area contributed by atoms with E-state index in [0.717, 1.165) is 29.0 Å². The molecule has 0 bridgehead atoms. The van der Waals surface area contributed by atoms with Crippen molar-refractivity contribution in [1.29, 1.82) is 0 Å². The third-order valence-corrected chi connectivity index (χ3v) is 5.34. The van der Waals surface area contributed by atoms with Crippen LogP contribution in [0.25, 0.3) is 10.9 Å². The van der Waals surface area contributed by atoms with Crippen molar-refractivity contribution in [1.82, 2.24) is 20.9 Å². The average Bonchev–Trinajstić information content (AvgIpc) is 3.36. The molecule has 39 heavy (non-hydrogen) atoms. The van der Waals surface area contributed by atoms with Crippen LogP contribution in [0.5, 0.6) is 0 Å². The summed E-state index contributed by atoms with van der Waals surface area (Å²) in [5.74, 6) is -1.52. The van der Waals surface area contributed by atoms with E-state index in [9.17, 15) is 14.4 Å². The van der Waals surface area contributed by atoms with Gasteiger partial charge in [0.1, 0.15) is 6.04 Å². The first-order valence-electron chi connectivity index (χ1n) is 12.1. The van der Waals surface area contributed by atoms with Crippen molar-refractivity contribution in [3.8, 4) is 0 Å². The van der Waals surface area contributed by atoms with E-state index in [-0.39, 0.29) is 24.3 Å². The van der Waals surface area contributed by atoms with Crippen molar-refractivity contribution in [3.63, 3.8) is 0 Å². The lowest BCUT2D eigenvalue weighted by atomic mass is 10.1. The highest BCUT2D eigenvalue weighted by Gasteiger charge is 2.21. The summed E-state index contributed by atoms with van der Waals surface area (Å²) in [4.78, 5) is 52.7. The van der Waals surface area contributed by atoms with Crippen LogP contribution in [0.3, 0.4) is 0 Å². The molecule has 13 nitrogen and oxygen atoms in total. The number of carboxylic acid groups (broad SMARTS) is 1. The number of nitrogens with two attached hydrogens (primary N) is 3. The number of nitrogens with one attached hydrogen (secondary N) is 4. The second-order valence-corrected chi connectivity index (χ2v) is 8.53. The Hall–Kier alpha value is -5.07. The first-order chi connectivity index (χ1) is 18.5. The Morgan fingerprint density at radius 1 is 0.949 bits per heavy atom. The SMILES string of the molecule is CC(=O)O.NC(=O)NCc1ccc(CNC(=O)[C@@H](CCCN=C(N)N)NC(=O)c2ccc3[nH]ccc3c2)cc1. The molecule has 0 saturated carbocycles. The predicted octanol–water partition coefficient (Wildman–Crippen LogP) is 0.896. The molecule has 13 heteroatoms. The van der Waals surface area contributed by atoms with Crippen LogP contribution in [0, 0.1) is 0 Å². The number of nitrogens with zero attached hydrogens (tertiary/aromatic N) is 1. The number of benzene rings is 2. The standard InChI is InChI=1S/C24H30N8O3.C2H4O2/c25-23(26)29-10-1-2-20(32-21(33)18-7-8-19-17(12-18)9-11-28-19)22(34)30-13-15-3-5-16(6-4-15)14-31-24(27)35;1-2(3)4/h3-9,11-12,20,28H,1-2,10,13-14H2,(H,30,34)(H,32,33)(H4,25,26,29)(H3,27,31,35);1H3,(H,3,4)/t20-;/m1./s1. The Kier molecular flexibility index (Phi) is 11.8. The maximum absolute atomic E-state index is 12.9. The number of H-pyrrole nitrogens is 1. The van der Waals surface area contributed by atoms with Gasteiger partial charge in [-0.1, -0.05) is 24.3 Å². The first-order valence-corrected chi connectivity index (χ1v) is 12.1. The molecule has 1 aromatic heterocycles. The number of amides is 4. The van der Waals surface area contributed by atoms with Gasteiger partial charge in [0, 0.05) is 49.2 Å². The van der Waals surface area contributed by atoms with E-state index in [1.54, 1.807) is 18.3 Å². The lowest BCUT2D eigenvalue weighted by Gasteiger charge is -2.18. The number of aliphatic imine (C=N–C) groups is 1. The zero-order valence-corrected chi connectivity index (χ0v) is 21.6. The van der Waals surface area contributed by atoms with Crippen LogP contribution in [-0.2, 0) is 22.7 Å². The van der Waals surface area contributed by atoms with Crippen LogP contribution < -0.4 is 33.2 Å². The maximum atomic E-state index is 12.9.